The molecule has 0 bridgehead atoms. The first kappa shape index (κ1) is 17.0. The van der Waals surface area contributed by atoms with Crippen LogP contribution in [0, 0.1) is 6.92 Å². The molecular weight excluding hydrogens is 394 g/mol. The van der Waals surface area contributed by atoms with E-state index >= 15 is 0 Å². The van der Waals surface area contributed by atoms with Gasteiger partial charge in [-0.05, 0) is 43.2 Å². The van der Waals surface area contributed by atoms with Crippen molar-refractivity contribution in [1.29, 1.82) is 0 Å². The van der Waals surface area contributed by atoms with Gasteiger partial charge < -0.3 is 4.74 Å². The highest BCUT2D eigenvalue weighted by Gasteiger charge is 2.45. The molecule has 1 aliphatic carbocycles. The molecule has 132 valence electrons. The Morgan fingerprint density at radius 2 is 2.08 bits per heavy atom. The Kier molecular flexibility index (Phi) is 4.36. The predicted molar refractivity (Wildman–Crippen MR) is 102 cm³/mol. The molecule has 2 heterocycles. The van der Waals surface area contributed by atoms with Crippen LogP contribution in [-0.4, -0.2) is 27.8 Å². The summed E-state index contributed by atoms with van der Waals surface area (Å²) in [6.45, 7) is 2.03. The molecule has 6 heteroatoms. The second-order valence-corrected chi connectivity index (χ2v) is 7.45. The number of rotatable bonds is 4. The van der Waals surface area contributed by atoms with Crippen molar-refractivity contribution in [2.75, 3.05) is 7.11 Å². The van der Waals surface area contributed by atoms with Gasteiger partial charge in [-0.15, -0.1) is 0 Å². The van der Waals surface area contributed by atoms with Crippen molar-refractivity contribution in [3.05, 3.63) is 75.8 Å². The summed E-state index contributed by atoms with van der Waals surface area (Å²) in [5, 5.41) is 4.47. The number of hydrogen-bond donors (Lipinski definition) is 0. The van der Waals surface area contributed by atoms with Crippen LogP contribution in [0.3, 0.4) is 0 Å². The molecule has 0 amide bonds. The number of nitrogens with zero attached hydrogens (tertiary/aromatic N) is 3. The molecule has 3 aromatic rings. The van der Waals surface area contributed by atoms with Gasteiger partial charge in [-0.25, -0.2) is 9.48 Å². The molecule has 0 spiro atoms. The van der Waals surface area contributed by atoms with E-state index in [9.17, 15) is 4.79 Å². The van der Waals surface area contributed by atoms with Crippen LogP contribution < -0.4 is 0 Å². The maximum absolute atomic E-state index is 12.3. The van der Waals surface area contributed by atoms with Gasteiger partial charge in [0.25, 0.3) is 0 Å². The summed E-state index contributed by atoms with van der Waals surface area (Å²) >= 11 is 3.50. The summed E-state index contributed by atoms with van der Waals surface area (Å²) in [6.07, 6.45) is 4.43. The first-order chi connectivity index (χ1) is 12.6. The van der Waals surface area contributed by atoms with Crippen molar-refractivity contribution < 1.29 is 9.53 Å². The van der Waals surface area contributed by atoms with E-state index < -0.39 is 0 Å². The van der Waals surface area contributed by atoms with Crippen molar-refractivity contribution in [3.8, 4) is 5.69 Å². The number of halogens is 1. The van der Waals surface area contributed by atoms with Crippen LogP contribution in [0.25, 0.3) is 5.69 Å². The molecule has 26 heavy (non-hydrogen) atoms. The van der Waals surface area contributed by atoms with E-state index in [2.05, 4.69) is 38.1 Å². The normalized spacial score (nSPS) is 18.6. The fraction of sp³-hybridized carbons (Fsp3) is 0.250. The molecule has 1 aliphatic rings. The summed E-state index contributed by atoms with van der Waals surface area (Å²) in [4.78, 5) is 16.8. The first-order valence-corrected chi connectivity index (χ1v) is 9.22. The number of aryl methyl sites for hydroxylation is 1. The second-order valence-electron chi connectivity index (χ2n) is 6.54. The summed E-state index contributed by atoms with van der Waals surface area (Å²) < 4.78 is 7.77. The SMILES string of the molecule is COC(=O)c1cnn(-c2cccc(Br)c2)c1C1CC1c1ccc(C)cn1. The molecule has 1 aromatic carbocycles. The molecular formula is C20H18BrN3O2. The highest BCUT2D eigenvalue weighted by Crippen LogP contribution is 2.55. The quantitative estimate of drug-likeness (QED) is 0.597. The van der Waals surface area contributed by atoms with Crippen LogP contribution in [0.4, 0.5) is 0 Å². The number of esters is 1. The monoisotopic (exact) mass is 411 g/mol. The van der Waals surface area contributed by atoms with Crippen molar-refractivity contribution >= 4 is 21.9 Å². The molecule has 0 saturated heterocycles. The van der Waals surface area contributed by atoms with Gasteiger partial charge in [0.1, 0.15) is 5.56 Å². The molecule has 1 saturated carbocycles. The molecule has 2 atom stereocenters. The minimum absolute atomic E-state index is 0.195. The summed E-state index contributed by atoms with van der Waals surface area (Å²) in [5.41, 5.74) is 4.51. The van der Waals surface area contributed by atoms with Crippen LogP contribution >= 0.6 is 15.9 Å². The molecule has 5 nitrogen and oxygen atoms in total. The minimum Gasteiger partial charge on any atom is -0.465 e. The third kappa shape index (κ3) is 3.05. The van der Waals surface area contributed by atoms with Crippen molar-refractivity contribution in [2.24, 2.45) is 0 Å². The van der Waals surface area contributed by atoms with Crippen LogP contribution in [0.15, 0.2) is 53.3 Å². The Morgan fingerprint density at radius 1 is 1.23 bits per heavy atom. The van der Waals surface area contributed by atoms with Gasteiger partial charge in [0, 0.05) is 28.2 Å². The number of aromatic nitrogens is 3. The maximum Gasteiger partial charge on any atom is 0.341 e. The Balaban J connectivity index is 1.75. The van der Waals surface area contributed by atoms with Crippen molar-refractivity contribution in [3.63, 3.8) is 0 Å². The number of hydrogen-bond acceptors (Lipinski definition) is 4. The average Bonchev–Trinajstić information content (AvgIpc) is 3.31. The zero-order valence-electron chi connectivity index (χ0n) is 14.5. The van der Waals surface area contributed by atoms with Crippen LogP contribution in [-0.2, 0) is 4.74 Å². The van der Waals surface area contributed by atoms with Crippen molar-refractivity contribution in [1.82, 2.24) is 14.8 Å². The summed E-state index contributed by atoms with van der Waals surface area (Å²) in [6, 6.07) is 12.0. The number of carbonyl (C=O) groups excluding carboxylic acids is 1. The number of benzene rings is 1. The standard InChI is InChI=1S/C20H18BrN3O2/c1-12-6-7-18(22-10-12)15-9-16(15)19-17(20(25)26-2)11-23-24(19)14-5-3-4-13(21)8-14/h3-8,10-11,15-16H,9H2,1-2H3. The second kappa shape index (κ2) is 6.68. The van der Waals surface area contributed by atoms with Gasteiger partial charge in [-0.1, -0.05) is 28.1 Å². The Labute approximate surface area is 160 Å². The van der Waals surface area contributed by atoms with E-state index in [1.54, 1.807) is 6.20 Å². The number of ether oxygens (including phenoxy) is 1. The minimum atomic E-state index is -0.358. The summed E-state index contributed by atoms with van der Waals surface area (Å²) in [5.74, 6) is 0.131. The van der Waals surface area contributed by atoms with Gasteiger partial charge in [-0.3, -0.25) is 4.98 Å². The van der Waals surface area contributed by atoms with E-state index in [0.717, 1.165) is 33.5 Å². The van der Waals surface area contributed by atoms with E-state index in [0.29, 0.717) is 11.5 Å². The predicted octanol–water partition coefficient (Wildman–Crippen LogP) is 4.40. The lowest BCUT2D eigenvalue weighted by Gasteiger charge is -2.10. The Bertz CT molecular complexity index is 965. The fourth-order valence-electron chi connectivity index (χ4n) is 3.32. The third-order valence-electron chi connectivity index (χ3n) is 4.72. The van der Waals surface area contributed by atoms with Gasteiger partial charge >= 0.3 is 5.97 Å². The van der Waals surface area contributed by atoms with E-state index in [4.69, 9.17) is 4.74 Å². The molecule has 4 rings (SSSR count). The topological polar surface area (TPSA) is 57.0 Å². The highest BCUT2D eigenvalue weighted by atomic mass is 79.9. The molecule has 0 N–H and O–H groups in total. The van der Waals surface area contributed by atoms with Crippen LogP contribution in [0.1, 0.15) is 45.6 Å². The Hall–Kier alpha value is -2.47. The molecule has 2 unspecified atom stereocenters. The van der Waals surface area contributed by atoms with Gasteiger partial charge in [0.05, 0.1) is 24.7 Å². The van der Waals surface area contributed by atoms with Gasteiger partial charge in [0.15, 0.2) is 0 Å². The highest BCUT2D eigenvalue weighted by molar-refractivity contribution is 9.10. The van der Waals surface area contributed by atoms with E-state index in [1.807, 2.05) is 42.1 Å². The molecule has 2 aromatic heterocycles. The van der Waals surface area contributed by atoms with E-state index in [-0.39, 0.29) is 11.9 Å². The maximum atomic E-state index is 12.3. The lowest BCUT2D eigenvalue weighted by atomic mass is 10.1. The van der Waals surface area contributed by atoms with E-state index in [1.165, 1.54) is 7.11 Å². The number of methoxy groups -OCH3 is 1. The number of pyridine rings is 1. The van der Waals surface area contributed by atoms with Gasteiger partial charge in [-0.2, -0.15) is 5.10 Å². The van der Waals surface area contributed by atoms with Gasteiger partial charge in [0.2, 0.25) is 0 Å². The first-order valence-electron chi connectivity index (χ1n) is 8.43. The Morgan fingerprint density at radius 3 is 2.77 bits per heavy atom. The molecule has 0 aliphatic heterocycles. The smallest absolute Gasteiger partial charge is 0.341 e. The lowest BCUT2D eigenvalue weighted by Crippen LogP contribution is -2.08. The van der Waals surface area contributed by atoms with Crippen molar-refractivity contribution in [2.45, 2.75) is 25.2 Å². The summed E-state index contributed by atoms with van der Waals surface area (Å²) in [7, 11) is 1.40. The van der Waals surface area contributed by atoms with Crippen LogP contribution in [0.5, 0.6) is 0 Å². The zero-order valence-corrected chi connectivity index (χ0v) is 16.1. The largest absolute Gasteiger partial charge is 0.465 e. The fourth-order valence-corrected chi connectivity index (χ4v) is 3.71. The zero-order chi connectivity index (χ0) is 18.3. The lowest BCUT2D eigenvalue weighted by molar-refractivity contribution is 0.0599. The average molecular weight is 412 g/mol. The number of carbonyl (C=O) groups is 1. The molecule has 0 radical (unpaired) electrons. The third-order valence-corrected chi connectivity index (χ3v) is 5.21. The van der Waals surface area contributed by atoms with Crippen LogP contribution in [0.2, 0.25) is 0 Å². The molecule has 1 fully saturated rings.